The molecule has 1 saturated heterocycles. The molecule has 1 aromatic rings. The van der Waals surface area contributed by atoms with E-state index in [9.17, 15) is 18.0 Å². The summed E-state index contributed by atoms with van der Waals surface area (Å²) in [6.07, 6.45) is 3.11. The van der Waals surface area contributed by atoms with Gasteiger partial charge >= 0.3 is 0 Å². The molecule has 0 bridgehead atoms. The van der Waals surface area contributed by atoms with Gasteiger partial charge in [-0.25, -0.2) is 13.1 Å². The molecule has 122 valence electrons. The van der Waals surface area contributed by atoms with Crippen LogP contribution >= 0.6 is 0 Å². The van der Waals surface area contributed by atoms with E-state index in [-0.39, 0.29) is 30.2 Å². The average molecular weight is 328 g/mol. The van der Waals surface area contributed by atoms with E-state index in [1.54, 1.807) is 19.1 Å². The van der Waals surface area contributed by atoms with Crippen LogP contribution in [0.4, 0.5) is 0 Å². The maximum atomic E-state index is 12.0. The number of carbonyl (C=O) groups is 2. The van der Waals surface area contributed by atoms with Crippen LogP contribution in [0.15, 0.2) is 22.8 Å². The molecule has 1 fully saturated rings. The van der Waals surface area contributed by atoms with Gasteiger partial charge in [0.2, 0.25) is 21.8 Å². The first-order chi connectivity index (χ1) is 10.4. The van der Waals surface area contributed by atoms with Crippen molar-refractivity contribution in [3.05, 3.63) is 24.2 Å². The van der Waals surface area contributed by atoms with E-state index < -0.39 is 10.0 Å². The van der Waals surface area contributed by atoms with Gasteiger partial charge in [0.25, 0.3) is 0 Å². The van der Waals surface area contributed by atoms with Crippen molar-refractivity contribution in [1.82, 2.24) is 9.62 Å². The van der Waals surface area contributed by atoms with Gasteiger partial charge in [-0.3, -0.25) is 14.5 Å². The summed E-state index contributed by atoms with van der Waals surface area (Å²) in [6.45, 7) is 1.64. The van der Waals surface area contributed by atoms with Gasteiger partial charge in [0.15, 0.2) is 0 Å². The Labute approximate surface area is 129 Å². The molecule has 22 heavy (non-hydrogen) atoms. The van der Waals surface area contributed by atoms with E-state index in [4.69, 9.17) is 4.42 Å². The van der Waals surface area contributed by atoms with E-state index in [0.29, 0.717) is 31.4 Å². The first-order valence-electron chi connectivity index (χ1n) is 7.23. The largest absolute Gasteiger partial charge is 0.469 e. The Balaban J connectivity index is 1.85. The van der Waals surface area contributed by atoms with E-state index in [0.717, 1.165) is 4.90 Å². The number of hydrogen-bond acceptors (Lipinski definition) is 5. The standard InChI is InChI=1S/C14H20N2O5S/c1-11(10-12-4-3-8-21-12)15-22(19,20)9-7-16-13(17)5-2-6-14(16)18/h3-4,8,11,15H,2,5-7,9-10H2,1H3. The molecule has 1 atom stereocenters. The van der Waals surface area contributed by atoms with Gasteiger partial charge in [-0.15, -0.1) is 0 Å². The summed E-state index contributed by atoms with van der Waals surface area (Å²) < 4.78 is 31.8. The van der Waals surface area contributed by atoms with Crippen LogP contribution in [-0.4, -0.2) is 43.5 Å². The van der Waals surface area contributed by atoms with Crippen molar-refractivity contribution in [2.24, 2.45) is 0 Å². The molecule has 0 radical (unpaired) electrons. The van der Waals surface area contributed by atoms with Gasteiger partial charge < -0.3 is 4.42 Å². The Bertz CT molecular complexity index is 608. The van der Waals surface area contributed by atoms with E-state index >= 15 is 0 Å². The Morgan fingerprint density at radius 1 is 1.32 bits per heavy atom. The zero-order valence-electron chi connectivity index (χ0n) is 12.4. The van der Waals surface area contributed by atoms with Gasteiger partial charge in [-0.1, -0.05) is 0 Å². The molecular formula is C14H20N2O5S. The first kappa shape index (κ1) is 16.7. The lowest BCUT2D eigenvalue weighted by Gasteiger charge is -2.25. The van der Waals surface area contributed by atoms with Crippen LogP contribution in [0.1, 0.15) is 31.9 Å². The first-order valence-corrected chi connectivity index (χ1v) is 8.88. The van der Waals surface area contributed by atoms with Crippen molar-refractivity contribution in [1.29, 1.82) is 0 Å². The molecule has 1 aromatic heterocycles. The summed E-state index contributed by atoms with van der Waals surface area (Å²) in [5.74, 6) is -0.186. The lowest BCUT2D eigenvalue weighted by Crippen LogP contribution is -2.45. The predicted molar refractivity (Wildman–Crippen MR) is 79.4 cm³/mol. The second kappa shape index (κ2) is 7.06. The third-order valence-electron chi connectivity index (χ3n) is 3.44. The van der Waals surface area contributed by atoms with Crippen LogP contribution < -0.4 is 4.72 Å². The highest BCUT2D eigenvalue weighted by Crippen LogP contribution is 2.12. The van der Waals surface area contributed by atoms with E-state index in [2.05, 4.69) is 4.72 Å². The number of amides is 2. The van der Waals surface area contributed by atoms with Gasteiger partial charge in [0.05, 0.1) is 12.0 Å². The number of rotatable bonds is 7. The maximum absolute atomic E-state index is 12.0. The molecule has 2 heterocycles. The molecular weight excluding hydrogens is 308 g/mol. The fraction of sp³-hybridized carbons (Fsp3) is 0.571. The average Bonchev–Trinajstić information content (AvgIpc) is 2.90. The van der Waals surface area contributed by atoms with Crippen LogP contribution in [0.25, 0.3) is 0 Å². The molecule has 0 saturated carbocycles. The molecule has 0 aliphatic carbocycles. The number of nitrogens with one attached hydrogen (secondary N) is 1. The monoisotopic (exact) mass is 328 g/mol. The minimum Gasteiger partial charge on any atom is -0.469 e. The lowest BCUT2D eigenvalue weighted by atomic mass is 10.1. The van der Waals surface area contributed by atoms with Gasteiger partial charge in [-0.05, 0) is 25.5 Å². The minimum atomic E-state index is -3.57. The van der Waals surface area contributed by atoms with Crippen LogP contribution in [0.5, 0.6) is 0 Å². The molecule has 1 unspecified atom stereocenters. The molecule has 0 aromatic carbocycles. The summed E-state index contributed by atoms with van der Waals surface area (Å²) in [7, 11) is -3.57. The van der Waals surface area contributed by atoms with E-state index in [1.165, 1.54) is 6.26 Å². The molecule has 1 N–H and O–H groups in total. The highest BCUT2D eigenvalue weighted by atomic mass is 32.2. The van der Waals surface area contributed by atoms with Gasteiger partial charge in [-0.2, -0.15) is 0 Å². The molecule has 2 rings (SSSR count). The molecule has 1 aliphatic rings. The van der Waals surface area contributed by atoms with E-state index in [1.807, 2.05) is 0 Å². The highest BCUT2D eigenvalue weighted by molar-refractivity contribution is 7.89. The third-order valence-corrected chi connectivity index (χ3v) is 4.92. The van der Waals surface area contributed by atoms with Crippen molar-refractivity contribution in [3.8, 4) is 0 Å². The summed E-state index contributed by atoms with van der Waals surface area (Å²) >= 11 is 0. The maximum Gasteiger partial charge on any atom is 0.229 e. The second-order valence-corrected chi connectivity index (χ2v) is 7.29. The fourth-order valence-electron chi connectivity index (χ4n) is 2.40. The molecule has 1 aliphatic heterocycles. The normalized spacial score (nSPS) is 17.8. The fourth-order valence-corrected chi connectivity index (χ4v) is 3.64. The number of furan rings is 1. The number of likely N-dealkylation sites (tertiary alicyclic amines) is 1. The summed E-state index contributed by atoms with van der Waals surface area (Å²) in [4.78, 5) is 24.3. The Morgan fingerprint density at radius 2 is 2.00 bits per heavy atom. The van der Waals surface area contributed by atoms with Crippen molar-refractivity contribution >= 4 is 21.8 Å². The predicted octanol–water partition coefficient (Wildman–Crippen LogP) is 0.669. The molecule has 0 spiro atoms. The Kier molecular flexibility index (Phi) is 5.36. The number of imide groups is 1. The van der Waals surface area contributed by atoms with Gasteiger partial charge in [0, 0.05) is 31.8 Å². The summed E-state index contributed by atoms with van der Waals surface area (Å²) in [5, 5.41) is 0. The summed E-state index contributed by atoms with van der Waals surface area (Å²) in [6, 6.07) is 3.18. The summed E-state index contributed by atoms with van der Waals surface area (Å²) in [5.41, 5.74) is 0. The van der Waals surface area contributed by atoms with Crippen molar-refractivity contribution in [3.63, 3.8) is 0 Å². The van der Waals surface area contributed by atoms with Crippen molar-refractivity contribution in [2.45, 2.75) is 38.6 Å². The SMILES string of the molecule is CC(Cc1ccco1)NS(=O)(=O)CCN1C(=O)CCCC1=O. The van der Waals surface area contributed by atoms with Crippen molar-refractivity contribution < 1.29 is 22.4 Å². The van der Waals surface area contributed by atoms with Crippen LogP contribution in [0.3, 0.4) is 0 Å². The van der Waals surface area contributed by atoms with Gasteiger partial charge in [0.1, 0.15) is 5.76 Å². The Hall–Kier alpha value is -1.67. The third kappa shape index (κ3) is 4.67. The number of sulfonamides is 1. The molecule has 8 heteroatoms. The second-order valence-electron chi connectivity index (χ2n) is 5.41. The number of nitrogens with zero attached hydrogens (tertiary/aromatic N) is 1. The highest BCUT2D eigenvalue weighted by Gasteiger charge is 2.27. The number of piperidine rings is 1. The van der Waals surface area contributed by atoms with Crippen LogP contribution in [0.2, 0.25) is 0 Å². The molecule has 7 nitrogen and oxygen atoms in total. The van der Waals surface area contributed by atoms with Crippen molar-refractivity contribution in [2.75, 3.05) is 12.3 Å². The smallest absolute Gasteiger partial charge is 0.229 e. The lowest BCUT2D eigenvalue weighted by molar-refractivity contribution is -0.147. The quantitative estimate of drug-likeness (QED) is 0.742. The number of hydrogen-bond donors (Lipinski definition) is 1. The minimum absolute atomic E-state index is 0.0968. The van der Waals surface area contributed by atoms with Crippen LogP contribution in [-0.2, 0) is 26.0 Å². The Morgan fingerprint density at radius 3 is 2.59 bits per heavy atom. The zero-order valence-corrected chi connectivity index (χ0v) is 13.3. The topological polar surface area (TPSA) is 96.7 Å². The van der Waals surface area contributed by atoms with Crippen LogP contribution in [0, 0.1) is 0 Å². The molecule has 2 amide bonds. The zero-order chi connectivity index (χ0) is 16.2. The number of carbonyl (C=O) groups excluding carboxylic acids is 2.